The molecule has 1 atom stereocenters. The molecule has 0 bridgehead atoms. The number of hydrogen-bond acceptors (Lipinski definition) is 2. The van der Waals surface area contributed by atoms with Crippen LogP contribution in [0.2, 0.25) is 10.0 Å². The molecule has 21 heavy (non-hydrogen) atoms. The molecule has 4 heteroatoms. The average molecular weight is 323 g/mol. The highest BCUT2D eigenvalue weighted by Crippen LogP contribution is 2.29. The van der Waals surface area contributed by atoms with Gasteiger partial charge in [0.2, 0.25) is 0 Å². The van der Waals surface area contributed by atoms with Crippen LogP contribution in [0.1, 0.15) is 18.1 Å². The number of rotatable bonds is 5. The van der Waals surface area contributed by atoms with Gasteiger partial charge in [-0.3, -0.25) is 0 Å². The Labute approximate surface area is 136 Å². The zero-order valence-electron chi connectivity index (χ0n) is 12.3. The minimum Gasteiger partial charge on any atom is -0.370 e. The fraction of sp³-hybridized carbons (Fsp3) is 0.294. The zero-order valence-corrected chi connectivity index (χ0v) is 13.8. The molecule has 2 aromatic carbocycles. The smallest absolute Gasteiger partial charge is 0.0459 e. The fourth-order valence-corrected chi connectivity index (χ4v) is 2.84. The molecule has 0 aliphatic rings. The third-order valence-corrected chi connectivity index (χ3v) is 4.12. The van der Waals surface area contributed by atoms with Crippen molar-refractivity contribution in [2.45, 2.75) is 25.9 Å². The lowest BCUT2D eigenvalue weighted by Gasteiger charge is -2.24. The van der Waals surface area contributed by atoms with Gasteiger partial charge in [0.1, 0.15) is 0 Å². The van der Waals surface area contributed by atoms with Crippen molar-refractivity contribution in [3.63, 3.8) is 0 Å². The zero-order chi connectivity index (χ0) is 15.4. The largest absolute Gasteiger partial charge is 0.370 e. The summed E-state index contributed by atoms with van der Waals surface area (Å²) < 4.78 is 0. The van der Waals surface area contributed by atoms with Crippen molar-refractivity contribution in [2.24, 2.45) is 5.73 Å². The lowest BCUT2D eigenvalue weighted by atomic mass is 10.0. The van der Waals surface area contributed by atoms with Crippen molar-refractivity contribution in [1.29, 1.82) is 0 Å². The Bertz CT molecular complexity index is 611. The number of anilines is 1. The van der Waals surface area contributed by atoms with Crippen LogP contribution in [0.15, 0.2) is 42.5 Å². The molecule has 0 spiro atoms. The summed E-state index contributed by atoms with van der Waals surface area (Å²) in [5.41, 5.74) is 9.22. The first-order valence-corrected chi connectivity index (χ1v) is 7.72. The Morgan fingerprint density at radius 3 is 2.38 bits per heavy atom. The summed E-state index contributed by atoms with van der Waals surface area (Å²) >= 11 is 12.6. The van der Waals surface area contributed by atoms with E-state index in [1.54, 1.807) is 0 Å². The van der Waals surface area contributed by atoms with Crippen LogP contribution in [-0.2, 0) is 13.0 Å². The van der Waals surface area contributed by atoms with E-state index in [2.05, 4.69) is 11.0 Å². The van der Waals surface area contributed by atoms with Crippen LogP contribution < -0.4 is 10.6 Å². The first kappa shape index (κ1) is 16.2. The Morgan fingerprint density at radius 2 is 1.71 bits per heavy atom. The second-order valence-electron chi connectivity index (χ2n) is 5.37. The number of benzene rings is 2. The molecule has 0 aliphatic heterocycles. The van der Waals surface area contributed by atoms with Gasteiger partial charge >= 0.3 is 0 Å². The van der Waals surface area contributed by atoms with Crippen LogP contribution in [0.5, 0.6) is 0 Å². The molecule has 1 unspecified atom stereocenters. The molecule has 2 aromatic rings. The molecule has 0 amide bonds. The minimum absolute atomic E-state index is 0.0670. The van der Waals surface area contributed by atoms with E-state index < -0.39 is 0 Å². The molecule has 0 aromatic heterocycles. The van der Waals surface area contributed by atoms with Crippen LogP contribution in [-0.4, -0.2) is 13.1 Å². The lowest BCUT2D eigenvalue weighted by molar-refractivity contribution is 0.734. The van der Waals surface area contributed by atoms with Crippen molar-refractivity contribution in [3.8, 4) is 0 Å². The molecule has 2 N–H and O–H groups in total. The molecule has 0 fully saturated rings. The van der Waals surface area contributed by atoms with Crippen LogP contribution in [0, 0.1) is 0 Å². The molecule has 0 saturated heterocycles. The van der Waals surface area contributed by atoms with E-state index in [4.69, 9.17) is 28.9 Å². The highest BCUT2D eigenvalue weighted by Gasteiger charge is 2.13. The van der Waals surface area contributed by atoms with Crippen LogP contribution in [0.3, 0.4) is 0 Å². The Kier molecular flexibility index (Phi) is 5.51. The predicted molar refractivity (Wildman–Crippen MR) is 92.4 cm³/mol. The normalized spacial score (nSPS) is 12.2. The third kappa shape index (κ3) is 4.13. The number of halogens is 2. The van der Waals surface area contributed by atoms with E-state index in [1.807, 2.05) is 50.4 Å². The highest BCUT2D eigenvalue weighted by atomic mass is 35.5. The predicted octanol–water partition coefficient (Wildman–Crippen LogP) is 4.52. The molecule has 0 heterocycles. The lowest BCUT2D eigenvalue weighted by Crippen LogP contribution is -2.22. The van der Waals surface area contributed by atoms with Crippen molar-refractivity contribution < 1.29 is 0 Å². The van der Waals surface area contributed by atoms with E-state index in [-0.39, 0.29) is 6.04 Å². The monoisotopic (exact) mass is 322 g/mol. The molecule has 112 valence electrons. The van der Waals surface area contributed by atoms with Gasteiger partial charge in [-0.15, -0.1) is 0 Å². The second-order valence-corrected chi connectivity index (χ2v) is 6.18. The van der Waals surface area contributed by atoms with E-state index >= 15 is 0 Å². The maximum atomic E-state index is 6.34. The SMILES string of the molecule is CC(N)Cc1c(Cl)cccc1N(C)Cc1ccccc1Cl. The summed E-state index contributed by atoms with van der Waals surface area (Å²) in [6, 6.07) is 13.9. The van der Waals surface area contributed by atoms with Crippen molar-refractivity contribution in [2.75, 3.05) is 11.9 Å². The van der Waals surface area contributed by atoms with Gasteiger partial charge in [-0.1, -0.05) is 47.5 Å². The van der Waals surface area contributed by atoms with Gasteiger partial charge in [0.25, 0.3) is 0 Å². The molecule has 0 radical (unpaired) electrons. The number of hydrogen-bond donors (Lipinski definition) is 1. The van der Waals surface area contributed by atoms with Gasteiger partial charge in [-0.25, -0.2) is 0 Å². The van der Waals surface area contributed by atoms with Gasteiger partial charge in [-0.05, 0) is 42.7 Å². The summed E-state index contributed by atoms with van der Waals surface area (Å²) in [6.45, 7) is 2.72. The van der Waals surface area contributed by atoms with Crippen molar-refractivity contribution in [3.05, 3.63) is 63.6 Å². The second kappa shape index (κ2) is 7.17. The van der Waals surface area contributed by atoms with E-state index in [0.717, 1.165) is 39.8 Å². The standard InChI is InChI=1S/C17H20Cl2N2/c1-12(20)10-14-16(19)8-5-9-17(14)21(2)11-13-6-3-4-7-15(13)18/h3-9,12H,10-11,20H2,1-2H3. The molecule has 0 aliphatic carbocycles. The van der Waals surface area contributed by atoms with Crippen LogP contribution >= 0.6 is 23.2 Å². The minimum atomic E-state index is 0.0670. The number of nitrogens with zero attached hydrogens (tertiary/aromatic N) is 1. The maximum Gasteiger partial charge on any atom is 0.0459 e. The van der Waals surface area contributed by atoms with Crippen molar-refractivity contribution >= 4 is 28.9 Å². The molecular formula is C17H20Cl2N2. The molecule has 0 saturated carbocycles. The van der Waals surface area contributed by atoms with Crippen LogP contribution in [0.4, 0.5) is 5.69 Å². The third-order valence-electron chi connectivity index (χ3n) is 3.40. The topological polar surface area (TPSA) is 29.3 Å². The first-order chi connectivity index (χ1) is 9.99. The Balaban J connectivity index is 2.29. The summed E-state index contributed by atoms with van der Waals surface area (Å²) in [5.74, 6) is 0. The Morgan fingerprint density at radius 1 is 1.05 bits per heavy atom. The van der Waals surface area contributed by atoms with Crippen LogP contribution in [0.25, 0.3) is 0 Å². The van der Waals surface area contributed by atoms with Gasteiger partial charge in [-0.2, -0.15) is 0 Å². The summed E-state index contributed by atoms with van der Waals surface area (Å²) in [6.07, 6.45) is 0.752. The number of nitrogens with two attached hydrogens (primary N) is 1. The van der Waals surface area contributed by atoms with E-state index in [1.165, 1.54) is 0 Å². The van der Waals surface area contributed by atoms with E-state index in [9.17, 15) is 0 Å². The molecule has 2 rings (SSSR count). The fourth-order valence-electron chi connectivity index (χ4n) is 2.40. The quantitative estimate of drug-likeness (QED) is 0.876. The van der Waals surface area contributed by atoms with Gasteiger partial charge in [0.05, 0.1) is 0 Å². The molecular weight excluding hydrogens is 303 g/mol. The first-order valence-electron chi connectivity index (χ1n) is 6.96. The summed E-state index contributed by atoms with van der Waals surface area (Å²) in [7, 11) is 2.04. The van der Waals surface area contributed by atoms with Gasteiger partial charge < -0.3 is 10.6 Å². The summed E-state index contributed by atoms with van der Waals surface area (Å²) in [5, 5.41) is 1.54. The van der Waals surface area contributed by atoms with Crippen molar-refractivity contribution in [1.82, 2.24) is 0 Å². The average Bonchev–Trinajstić information content (AvgIpc) is 2.43. The van der Waals surface area contributed by atoms with E-state index in [0.29, 0.717) is 0 Å². The highest BCUT2D eigenvalue weighted by molar-refractivity contribution is 6.32. The Hall–Kier alpha value is -1.22. The van der Waals surface area contributed by atoms with Gasteiger partial charge in [0, 0.05) is 35.4 Å². The van der Waals surface area contributed by atoms with Gasteiger partial charge in [0.15, 0.2) is 0 Å². The maximum absolute atomic E-state index is 6.34. The molecule has 2 nitrogen and oxygen atoms in total. The summed E-state index contributed by atoms with van der Waals surface area (Å²) in [4.78, 5) is 2.16.